The summed E-state index contributed by atoms with van der Waals surface area (Å²) in [4.78, 5) is 12.3. The van der Waals surface area contributed by atoms with E-state index >= 15 is 0 Å². The van der Waals surface area contributed by atoms with Gasteiger partial charge in [-0.25, -0.2) is 0 Å². The van der Waals surface area contributed by atoms with Crippen molar-refractivity contribution in [2.75, 3.05) is 18.5 Å². The van der Waals surface area contributed by atoms with Gasteiger partial charge in [0.15, 0.2) is 0 Å². The van der Waals surface area contributed by atoms with E-state index in [2.05, 4.69) is 5.32 Å². The van der Waals surface area contributed by atoms with Gasteiger partial charge in [-0.15, -0.1) is 0 Å². The van der Waals surface area contributed by atoms with Gasteiger partial charge < -0.3 is 15.5 Å². The second-order valence-electron chi connectivity index (χ2n) is 5.11. The number of benzene rings is 2. The molecule has 0 saturated heterocycles. The summed E-state index contributed by atoms with van der Waals surface area (Å²) in [7, 11) is 0. The number of aliphatic hydroxyl groups is 2. The van der Waals surface area contributed by atoms with Crippen molar-refractivity contribution in [1.29, 1.82) is 0 Å². The Morgan fingerprint density at radius 1 is 1.22 bits per heavy atom. The molecular weight excluding hydrogens is 316 g/mol. The van der Waals surface area contributed by atoms with Crippen molar-refractivity contribution in [2.45, 2.75) is 22.8 Å². The number of aryl methyl sites for hydroxylation is 1. The summed E-state index contributed by atoms with van der Waals surface area (Å²) in [5, 5.41) is 32.2. The molecular formula is C16H18N2O4S. The molecule has 1 atom stereocenters. The van der Waals surface area contributed by atoms with Gasteiger partial charge in [-0.3, -0.25) is 10.1 Å². The average molecular weight is 334 g/mol. The molecule has 2 aromatic carbocycles. The number of nitro benzene ring substituents is 1. The Morgan fingerprint density at radius 2 is 1.91 bits per heavy atom. The second kappa shape index (κ2) is 7.96. The van der Waals surface area contributed by atoms with E-state index in [0.29, 0.717) is 5.69 Å². The molecule has 0 amide bonds. The topological polar surface area (TPSA) is 95.6 Å². The highest BCUT2D eigenvalue weighted by Crippen LogP contribution is 2.33. The van der Waals surface area contributed by atoms with Crippen LogP contribution in [0.25, 0.3) is 0 Å². The highest BCUT2D eigenvalue weighted by Gasteiger charge is 2.12. The molecule has 2 aromatic rings. The standard InChI is InChI=1S/C16H18N2O4S/c1-11-2-4-15(5-3-11)23-16-7-12(17-9-14(20)10-19)6-13(8-16)18(21)22/h2-8,14,17,19-20H,9-10H2,1H3. The molecule has 0 aliphatic carbocycles. The fourth-order valence-electron chi connectivity index (χ4n) is 1.89. The number of nitrogens with zero attached hydrogens (tertiary/aromatic N) is 1. The zero-order chi connectivity index (χ0) is 16.8. The predicted octanol–water partition coefficient (Wildman–Crippen LogP) is 2.82. The molecule has 0 aliphatic rings. The van der Waals surface area contributed by atoms with Gasteiger partial charge in [-0.05, 0) is 25.1 Å². The molecule has 2 rings (SSSR count). The molecule has 23 heavy (non-hydrogen) atoms. The van der Waals surface area contributed by atoms with Crippen molar-refractivity contribution < 1.29 is 15.1 Å². The Morgan fingerprint density at radius 3 is 2.52 bits per heavy atom. The Bertz CT molecular complexity index is 676. The van der Waals surface area contributed by atoms with Gasteiger partial charge >= 0.3 is 0 Å². The third-order valence-electron chi connectivity index (χ3n) is 3.11. The summed E-state index contributed by atoms with van der Waals surface area (Å²) in [6.07, 6.45) is -0.914. The van der Waals surface area contributed by atoms with E-state index in [1.165, 1.54) is 23.9 Å². The summed E-state index contributed by atoms with van der Waals surface area (Å²) in [5.41, 5.74) is 1.65. The highest BCUT2D eigenvalue weighted by molar-refractivity contribution is 7.99. The quantitative estimate of drug-likeness (QED) is 0.532. The molecule has 6 nitrogen and oxygen atoms in total. The van der Waals surface area contributed by atoms with Crippen LogP contribution in [-0.4, -0.2) is 34.4 Å². The van der Waals surface area contributed by atoms with Crippen molar-refractivity contribution in [3.05, 3.63) is 58.1 Å². The number of nitro groups is 1. The van der Waals surface area contributed by atoms with Gasteiger partial charge in [-0.2, -0.15) is 0 Å². The van der Waals surface area contributed by atoms with Crippen LogP contribution in [0.15, 0.2) is 52.3 Å². The summed E-state index contributed by atoms with van der Waals surface area (Å²) in [5.74, 6) is 0. The van der Waals surface area contributed by atoms with E-state index in [0.717, 1.165) is 15.4 Å². The maximum Gasteiger partial charge on any atom is 0.272 e. The zero-order valence-electron chi connectivity index (χ0n) is 12.6. The monoisotopic (exact) mass is 334 g/mol. The van der Waals surface area contributed by atoms with Crippen molar-refractivity contribution in [1.82, 2.24) is 0 Å². The second-order valence-corrected chi connectivity index (χ2v) is 6.25. The number of non-ortho nitro benzene ring substituents is 1. The van der Waals surface area contributed by atoms with E-state index in [1.807, 2.05) is 31.2 Å². The van der Waals surface area contributed by atoms with E-state index in [9.17, 15) is 15.2 Å². The summed E-state index contributed by atoms with van der Waals surface area (Å²) in [6.45, 7) is 1.75. The molecule has 122 valence electrons. The first-order valence-corrected chi connectivity index (χ1v) is 7.86. The minimum atomic E-state index is -0.914. The van der Waals surface area contributed by atoms with Gasteiger partial charge in [0.05, 0.1) is 17.6 Å². The molecule has 0 aliphatic heterocycles. The Kier molecular flexibility index (Phi) is 5.97. The first-order valence-electron chi connectivity index (χ1n) is 7.04. The average Bonchev–Trinajstić information content (AvgIpc) is 2.54. The Hall–Kier alpha value is -2.09. The van der Waals surface area contributed by atoms with Crippen molar-refractivity contribution in [3.63, 3.8) is 0 Å². The van der Waals surface area contributed by atoms with Crippen molar-refractivity contribution >= 4 is 23.1 Å². The lowest BCUT2D eigenvalue weighted by Gasteiger charge is -2.11. The van der Waals surface area contributed by atoms with Crippen LogP contribution in [0.4, 0.5) is 11.4 Å². The van der Waals surface area contributed by atoms with Crippen molar-refractivity contribution in [3.8, 4) is 0 Å². The molecule has 0 saturated carbocycles. The van der Waals surface area contributed by atoms with Crippen LogP contribution < -0.4 is 5.32 Å². The lowest BCUT2D eigenvalue weighted by Crippen LogP contribution is -2.22. The van der Waals surface area contributed by atoms with Crippen LogP contribution in [0.5, 0.6) is 0 Å². The molecule has 3 N–H and O–H groups in total. The van der Waals surface area contributed by atoms with Crippen molar-refractivity contribution in [2.24, 2.45) is 0 Å². The Labute approximate surface area is 138 Å². The number of anilines is 1. The number of hydrogen-bond donors (Lipinski definition) is 3. The summed E-state index contributed by atoms with van der Waals surface area (Å²) in [6, 6.07) is 12.6. The predicted molar refractivity (Wildman–Crippen MR) is 90.0 cm³/mol. The van der Waals surface area contributed by atoms with E-state index in [1.54, 1.807) is 6.07 Å². The molecule has 1 unspecified atom stereocenters. The van der Waals surface area contributed by atoms with Gasteiger partial charge in [-0.1, -0.05) is 29.5 Å². The molecule has 0 heterocycles. The first kappa shape index (κ1) is 17.3. The Balaban J connectivity index is 2.21. The molecule has 0 aromatic heterocycles. The summed E-state index contributed by atoms with van der Waals surface area (Å²) >= 11 is 1.43. The van der Waals surface area contributed by atoms with Crippen LogP contribution >= 0.6 is 11.8 Å². The van der Waals surface area contributed by atoms with Crippen LogP contribution in [-0.2, 0) is 0 Å². The lowest BCUT2D eigenvalue weighted by molar-refractivity contribution is -0.385. The van der Waals surface area contributed by atoms with Crippen LogP contribution in [0.1, 0.15) is 5.56 Å². The van der Waals surface area contributed by atoms with E-state index < -0.39 is 11.0 Å². The minimum absolute atomic E-state index is 0.0249. The highest BCUT2D eigenvalue weighted by atomic mass is 32.2. The fourth-order valence-corrected chi connectivity index (χ4v) is 2.80. The molecule has 0 fully saturated rings. The molecule has 0 spiro atoms. The first-order chi connectivity index (χ1) is 11.0. The SMILES string of the molecule is Cc1ccc(Sc2cc(NCC(O)CO)cc([N+](=O)[O-])c2)cc1. The summed E-state index contributed by atoms with van der Waals surface area (Å²) < 4.78 is 0. The van der Waals surface area contributed by atoms with Gasteiger partial charge in [0, 0.05) is 34.2 Å². The number of nitrogens with one attached hydrogen (secondary N) is 1. The minimum Gasteiger partial charge on any atom is -0.394 e. The van der Waals surface area contributed by atoms with E-state index in [4.69, 9.17) is 5.11 Å². The maximum atomic E-state index is 11.1. The number of rotatable bonds is 7. The zero-order valence-corrected chi connectivity index (χ0v) is 13.4. The van der Waals surface area contributed by atoms with Gasteiger partial charge in [0.25, 0.3) is 5.69 Å². The van der Waals surface area contributed by atoms with Crippen LogP contribution in [0.2, 0.25) is 0 Å². The van der Waals surface area contributed by atoms with Gasteiger partial charge in [0.2, 0.25) is 0 Å². The number of hydrogen-bond acceptors (Lipinski definition) is 6. The molecule has 0 bridgehead atoms. The molecule has 0 radical (unpaired) electrons. The van der Waals surface area contributed by atoms with Gasteiger partial charge in [0.1, 0.15) is 0 Å². The maximum absolute atomic E-state index is 11.1. The third kappa shape index (κ3) is 5.24. The van der Waals surface area contributed by atoms with Crippen LogP contribution in [0.3, 0.4) is 0 Å². The lowest BCUT2D eigenvalue weighted by atomic mass is 10.2. The molecule has 7 heteroatoms. The smallest absolute Gasteiger partial charge is 0.272 e. The normalized spacial score (nSPS) is 12.0. The van der Waals surface area contributed by atoms with E-state index in [-0.39, 0.29) is 18.8 Å². The number of aliphatic hydroxyl groups excluding tert-OH is 2. The fraction of sp³-hybridized carbons (Fsp3) is 0.250. The van der Waals surface area contributed by atoms with Crippen LogP contribution in [0, 0.1) is 17.0 Å². The largest absolute Gasteiger partial charge is 0.394 e. The third-order valence-corrected chi connectivity index (χ3v) is 4.09.